The third-order valence-electron chi connectivity index (χ3n) is 3.13. The zero-order valence-corrected chi connectivity index (χ0v) is 13.2. The first-order valence-electron chi connectivity index (χ1n) is 6.39. The second kappa shape index (κ2) is 5.91. The van der Waals surface area contributed by atoms with Crippen LogP contribution in [0.25, 0.3) is 11.0 Å². The van der Waals surface area contributed by atoms with Gasteiger partial charge in [-0.15, -0.1) is 0 Å². The second-order valence-corrected chi connectivity index (χ2v) is 5.75. The number of hydrogen-bond donors (Lipinski definition) is 1. The summed E-state index contributed by atoms with van der Waals surface area (Å²) < 4.78 is 1.75. The summed E-state index contributed by atoms with van der Waals surface area (Å²) in [5, 5.41) is 9.98. The Hall–Kier alpha value is -1.79. The molecule has 0 atom stereocenters. The largest absolute Gasteiger partial charge is 0.365 e. The lowest BCUT2D eigenvalue weighted by molar-refractivity contribution is 0.777. The molecule has 0 aliphatic heterocycles. The molecular weight excluding hydrogens is 306 g/mol. The van der Waals surface area contributed by atoms with E-state index in [2.05, 4.69) is 20.4 Å². The van der Waals surface area contributed by atoms with Gasteiger partial charge in [-0.05, 0) is 24.0 Å². The van der Waals surface area contributed by atoms with Gasteiger partial charge in [0.15, 0.2) is 10.8 Å². The molecular formula is C14H14ClN5S. The van der Waals surface area contributed by atoms with Crippen LogP contribution in [0.3, 0.4) is 0 Å². The van der Waals surface area contributed by atoms with Gasteiger partial charge in [-0.2, -0.15) is 5.10 Å². The Morgan fingerprint density at radius 2 is 2.00 bits per heavy atom. The quantitative estimate of drug-likeness (QED) is 0.590. The summed E-state index contributed by atoms with van der Waals surface area (Å²) >= 11 is 7.41. The van der Waals surface area contributed by atoms with Crippen LogP contribution in [0.2, 0.25) is 5.02 Å². The van der Waals surface area contributed by atoms with Gasteiger partial charge in [-0.1, -0.05) is 35.5 Å². The van der Waals surface area contributed by atoms with Crippen molar-refractivity contribution in [1.82, 2.24) is 19.7 Å². The van der Waals surface area contributed by atoms with Gasteiger partial charge >= 0.3 is 0 Å². The number of nitrogens with one attached hydrogen (secondary N) is 1. The molecule has 1 N–H and O–H groups in total. The molecule has 5 nitrogen and oxygen atoms in total. The van der Waals surface area contributed by atoms with Crippen LogP contribution in [0.15, 0.2) is 35.6 Å². The maximum absolute atomic E-state index is 5.89. The summed E-state index contributed by atoms with van der Waals surface area (Å²) in [7, 11) is 1.88. The highest BCUT2D eigenvalue weighted by Gasteiger charge is 2.10. The lowest BCUT2D eigenvalue weighted by Gasteiger charge is -2.08. The summed E-state index contributed by atoms with van der Waals surface area (Å²) in [4.78, 5) is 9.00. The molecule has 0 fully saturated rings. The molecule has 0 radical (unpaired) electrons. The van der Waals surface area contributed by atoms with E-state index in [1.807, 2.05) is 37.6 Å². The predicted octanol–water partition coefficient (Wildman–Crippen LogP) is 3.35. The number of thioether (sulfide) groups is 1. The molecule has 1 aromatic carbocycles. The van der Waals surface area contributed by atoms with E-state index in [9.17, 15) is 0 Å². The fourth-order valence-corrected chi connectivity index (χ4v) is 2.50. The minimum absolute atomic E-state index is 0.673. The first-order valence-corrected chi connectivity index (χ1v) is 7.99. The molecule has 21 heavy (non-hydrogen) atoms. The van der Waals surface area contributed by atoms with Crippen LogP contribution in [0, 0.1) is 0 Å². The number of aromatic nitrogens is 4. The molecule has 3 aromatic rings. The fraction of sp³-hybridized carbons (Fsp3) is 0.214. The third-order valence-corrected chi connectivity index (χ3v) is 3.93. The smallest absolute Gasteiger partial charge is 0.191 e. The number of fused-ring (bicyclic) bond motifs is 1. The maximum atomic E-state index is 5.89. The molecule has 0 spiro atoms. The van der Waals surface area contributed by atoms with E-state index in [0.717, 1.165) is 32.6 Å². The molecule has 0 bridgehead atoms. The van der Waals surface area contributed by atoms with E-state index in [4.69, 9.17) is 11.6 Å². The van der Waals surface area contributed by atoms with Crippen LogP contribution in [0.4, 0.5) is 5.82 Å². The number of anilines is 1. The molecule has 0 aliphatic rings. The maximum Gasteiger partial charge on any atom is 0.191 e. The number of benzene rings is 1. The number of nitrogens with zero attached hydrogens (tertiary/aromatic N) is 4. The zero-order valence-electron chi connectivity index (χ0n) is 11.7. The number of aryl methyl sites for hydroxylation is 1. The van der Waals surface area contributed by atoms with Crippen LogP contribution in [-0.2, 0) is 13.6 Å². The molecule has 0 saturated heterocycles. The van der Waals surface area contributed by atoms with Crippen LogP contribution in [0.1, 0.15) is 5.56 Å². The Morgan fingerprint density at radius 3 is 2.71 bits per heavy atom. The molecule has 3 rings (SSSR count). The van der Waals surface area contributed by atoms with Crippen LogP contribution < -0.4 is 5.32 Å². The van der Waals surface area contributed by atoms with Gasteiger partial charge in [0.25, 0.3) is 0 Å². The first-order chi connectivity index (χ1) is 10.2. The van der Waals surface area contributed by atoms with Crippen molar-refractivity contribution in [3.05, 3.63) is 41.0 Å². The molecule has 2 aromatic heterocycles. The number of hydrogen-bond acceptors (Lipinski definition) is 5. The van der Waals surface area contributed by atoms with Gasteiger partial charge in [0.2, 0.25) is 0 Å². The minimum atomic E-state index is 0.673. The predicted molar refractivity (Wildman–Crippen MR) is 86.9 cm³/mol. The van der Waals surface area contributed by atoms with Crippen molar-refractivity contribution < 1.29 is 0 Å². The lowest BCUT2D eigenvalue weighted by Crippen LogP contribution is -2.04. The number of halogens is 1. The van der Waals surface area contributed by atoms with Gasteiger partial charge in [0.05, 0.1) is 11.6 Å². The van der Waals surface area contributed by atoms with E-state index >= 15 is 0 Å². The van der Waals surface area contributed by atoms with E-state index < -0.39 is 0 Å². The summed E-state index contributed by atoms with van der Waals surface area (Å²) in [5.74, 6) is 0.799. The van der Waals surface area contributed by atoms with Crippen molar-refractivity contribution in [2.24, 2.45) is 7.05 Å². The highest BCUT2D eigenvalue weighted by Crippen LogP contribution is 2.23. The molecule has 0 saturated carbocycles. The van der Waals surface area contributed by atoms with Crippen molar-refractivity contribution in [1.29, 1.82) is 0 Å². The van der Waals surface area contributed by atoms with E-state index in [-0.39, 0.29) is 0 Å². The average Bonchev–Trinajstić information content (AvgIpc) is 2.88. The van der Waals surface area contributed by atoms with Crippen LogP contribution in [-0.4, -0.2) is 26.0 Å². The third kappa shape index (κ3) is 2.96. The second-order valence-electron chi connectivity index (χ2n) is 4.54. The van der Waals surface area contributed by atoms with Crippen molar-refractivity contribution in [3.8, 4) is 0 Å². The fourth-order valence-electron chi connectivity index (χ4n) is 2.02. The van der Waals surface area contributed by atoms with Gasteiger partial charge in [-0.3, -0.25) is 4.68 Å². The van der Waals surface area contributed by atoms with Crippen LogP contribution in [0.5, 0.6) is 0 Å². The molecule has 108 valence electrons. The van der Waals surface area contributed by atoms with Crippen molar-refractivity contribution in [2.75, 3.05) is 11.6 Å². The summed E-state index contributed by atoms with van der Waals surface area (Å²) in [5.41, 5.74) is 1.97. The molecule has 0 aliphatic carbocycles. The van der Waals surface area contributed by atoms with Gasteiger partial charge in [-0.25, -0.2) is 9.97 Å². The molecule has 7 heteroatoms. The SMILES string of the molecule is CSc1nc(NCc2ccc(Cl)cc2)c2cnn(C)c2n1. The topological polar surface area (TPSA) is 55.6 Å². The van der Waals surface area contributed by atoms with Crippen molar-refractivity contribution >= 4 is 40.2 Å². The highest BCUT2D eigenvalue weighted by atomic mass is 35.5. The Balaban J connectivity index is 1.90. The van der Waals surface area contributed by atoms with Gasteiger partial charge in [0, 0.05) is 18.6 Å². The Kier molecular flexibility index (Phi) is 3.98. The normalized spacial score (nSPS) is 11.0. The summed E-state index contributed by atoms with van der Waals surface area (Å²) in [6.07, 6.45) is 3.74. The van der Waals surface area contributed by atoms with Gasteiger partial charge < -0.3 is 5.32 Å². The van der Waals surface area contributed by atoms with E-state index in [0.29, 0.717) is 6.54 Å². The van der Waals surface area contributed by atoms with Crippen molar-refractivity contribution in [3.63, 3.8) is 0 Å². The minimum Gasteiger partial charge on any atom is -0.365 e. The average molecular weight is 320 g/mol. The van der Waals surface area contributed by atoms with Gasteiger partial charge in [0.1, 0.15) is 5.82 Å². The van der Waals surface area contributed by atoms with E-state index in [1.54, 1.807) is 10.9 Å². The zero-order chi connectivity index (χ0) is 14.8. The monoisotopic (exact) mass is 319 g/mol. The Bertz CT molecular complexity index is 769. The van der Waals surface area contributed by atoms with Crippen molar-refractivity contribution in [2.45, 2.75) is 11.7 Å². The molecule has 0 unspecified atom stereocenters. The molecule has 2 heterocycles. The molecule has 0 amide bonds. The Morgan fingerprint density at radius 1 is 1.24 bits per heavy atom. The van der Waals surface area contributed by atoms with Crippen LogP contribution >= 0.6 is 23.4 Å². The van der Waals surface area contributed by atoms with E-state index in [1.165, 1.54) is 11.8 Å². The lowest BCUT2D eigenvalue weighted by atomic mass is 10.2. The first kappa shape index (κ1) is 14.2. The Labute approximate surface area is 131 Å². The summed E-state index contributed by atoms with van der Waals surface area (Å²) in [6.45, 7) is 0.673. The highest BCUT2D eigenvalue weighted by molar-refractivity contribution is 7.98. The number of rotatable bonds is 4. The summed E-state index contributed by atoms with van der Waals surface area (Å²) in [6, 6.07) is 7.75. The standard InChI is InChI=1S/C14H14ClN5S/c1-20-13-11(8-17-20)12(18-14(19-13)21-2)16-7-9-3-5-10(15)6-4-9/h3-6,8H,7H2,1-2H3,(H,16,18,19).